The Kier molecular flexibility index (Phi) is 3.80. The summed E-state index contributed by atoms with van der Waals surface area (Å²) in [6.45, 7) is 9.77. The smallest absolute Gasteiger partial charge is 0.312 e. The van der Waals surface area contributed by atoms with Gasteiger partial charge in [0, 0.05) is 18.3 Å². The van der Waals surface area contributed by atoms with Gasteiger partial charge in [-0.15, -0.1) is 0 Å². The number of ketones is 1. The summed E-state index contributed by atoms with van der Waals surface area (Å²) in [5, 5.41) is 0. The maximum absolute atomic E-state index is 12.0. The Labute approximate surface area is 103 Å². The molecule has 96 valence electrons. The van der Waals surface area contributed by atoms with Gasteiger partial charge in [0.1, 0.15) is 5.78 Å². The lowest BCUT2D eigenvalue weighted by atomic mass is 9.55. The van der Waals surface area contributed by atoms with Gasteiger partial charge in [-0.3, -0.25) is 9.59 Å². The molecule has 0 N–H and O–H groups in total. The standard InChI is InChI=1S/C14H22O3/c1-10(2)14(8-6-11(15)7-9-14)13(3,4)12(16)17-5/h1,6-9H2,2-5H3. The van der Waals surface area contributed by atoms with E-state index in [2.05, 4.69) is 6.58 Å². The van der Waals surface area contributed by atoms with Gasteiger partial charge in [0.15, 0.2) is 0 Å². The fraction of sp³-hybridized carbons (Fsp3) is 0.714. The molecule has 1 aliphatic carbocycles. The zero-order valence-electron chi connectivity index (χ0n) is 11.3. The van der Waals surface area contributed by atoms with Crippen LogP contribution in [0, 0.1) is 10.8 Å². The fourth-order valence-electron chi connectivity index (χ4n) is 2.99. The van der Waals surface area contributed by atoms with E-state index in [1.165, 1.54) is 7.11 Å². The summed E-state index contributed by atoms with van der Waals surface area (Å²) < 4.78 is 4.91. The Morgan fingerprint density at radius 1 is 1.35 bits per heavy atom. The molecule has 0 bridgehead atoms. The molecule has 0 heterocycles. The van der Waals surface area contributed by atoms with Crippen LogP contribution in [0.2, 0.25) is 0 Å². The first-order valence-electron chi connectivity index (χ1n) is 6.04. The number of esters is 1. The number of carbonyl (C=O) groups is 2. The van der Waals surface area contributed by atoms with Crippen molar-refractivity contribution in [1.82, 2.24) is 0 Å². The normalized spacial score (nSPS) is 19.9. The minimum Gasteiger partial charge on any atom is -0.469 e. The van der Waals surface area contributed by atoms with E-state index in [1.807, 2.05) is 20.8 Å². The first-order valence-corrected chi connectivity index (χ1v) is 6.04. The topological polar surface area (TPSA) is 43.4 Å². The number of methoxy groups -OCH3 is 1. The van der Waals surface area contributed by atoms with E-state index in [0.717, 1.165) is 5.57 Å². The average Bonchev–Trinajstić information content (AvgIpc) is 2.28. The quantitative estimate of drug-likeness (QED) is 0.561. The number of ether oxygens (including phenoxy) is 1. The highest BCUT2D eigenvalue weighted by atomic mass is 16.5. The predicted octanol–water partition coefficient (Wildman–Crippen LogP) is 2.89. The van der Waals surface area contributed by atoms with Crippen molar-refractivity contribution >= 4 is 11.8 Å². The van der Waals surface area contributed by atoms with E-state index in [1.54, 1.807) is 0 Å². The van der Waals surface area contributed by atoms with Crippen molar-refractivity contribution in [2.45, 2.75) is 46.5 Å². The molecule has 0 amide bonds. The van der Waals surface area contributed by atoms with Gasteiger partial charge in [0.2, 0.25) is 0 Å². The van der Waals surface area contributed by atoms with Crippen LogP contribution >= 0.6 is 0 Å². The highest BCUT2D eigenvalue weighted by Crippen LogP contribution is 2.53. The van der Waals surface area contributed by atoms with E-state index in [-0.39, 0.29) is 17.2 Å². The molecule has 1 saturated carbocycles. The Morgan fingerprint density at radius 3 is 2.18 bits per heavy atom. The van der Waals surface area contributed by atoms with Crippen LogP contribution in [0.5, 0.6) is 0 Å². The minimum absolute atomic E-state index is 0.227. The van der Waals surface area contributed by atoms with E-state index >= 15 is 0 Å². The molecule has 0 spiro atoms. The van der Waals surface area contributed by atoms with Gasteiger partial charge in [-0.25, -0.2) is 0 Å². The van der Waals surface area contributed by atoms with Crippen molar-refractivity contribution < 1.29 is 14.3 Å². The minimum atomic E-state index is -0.631. The molecule has 0 aromatic heterocycles. The van der Waals surface area contributed by atoms with Crippen molar-refractivity contribution in [2.24, 2.45) is 10.8 Å². The van der Waals surface area contributed by atoms with Crippen molar-refractivity contribution in [1.29, 1.82) is 0 Å². The van der Waals surface area contributed by atoms with Gasteiger partial charge in [0.25, 0.3) is 0 Å². The predicted molar refractivity (Wildman–Crippen MR) is 66.5 cm³/mol. The molecule has 1 rings (SSSR count). The van der Waals surface area contributed by atoms with Crippen LogP contribution in [0.1, 0.15) is 46.5 Å². The monoisotopic (exact) mass is 238 g/mol. The van der Waals surface area contributed by atoms with Gasteiger partial charge < -0.3 is 4.74 Å². The Balaban J connectivity index is 3.12. The molecule has 0 atom stereocenters. The molecule has 1 aliphatic rings. The van der Waals surface area contributed by atoms with Gasteiger partial charge in [-0.05, 0) is 33.6 Å². The zero-order chi connectivity index (χ0) is 13.3. The lowest BCUT2D eigenvalue weighted by Gasteiger charge is -2.47. The largest absolute Gasteiger partial charge is 0.469 e. The highest BCUT2D eigenvalue weighted by molar-refractivity contribution is 5.82. The van der Waals surface area contributed by atoms with Gasteiger partial charge in [-0.2, -0.15) is 0 Å². The second-order valence-electron chi connectivity index (χ2n) is 5.52. The Bertz CT molecular complexity index is 342. The molecule has 0 aliphatic heterocycles. The van der Waals surface area contributed by atoms with Crippen molar-refractivity contribution in [2.75, 3.05) is 7.11 Å². The summed E-state index contributed by atoms with van der Waals surface area (Å²) >= 11 is 0. The van der Waals surface area contributed by atoms with Crippen LogP contribution < -0.4 is 0 Å². The third-order valence-corrected chi connectivity index (χ3v) is 4.37. The van der Waals surface area contributed by atoms with Crippen LogP contribution in [0.4, 0.5) is 0 Å². The molecule has 1 fully saturated rings. The lowest BCUT2D eigenvalue weighted by Crippen LogP contribution is -2.47. The lowest BCUT2D eigenvalue weighted by molar-refractivity contribution is -0.160. The number of Topliss-reactive ketones (excluding diaryl/α,β-unsaturated/α-hetero) is 1. The molecule has 17 heavy (non-hydrogen) atoms. The molecular formula is C14H22O3. The Morgan fingerprint density at radius 2 is 1.82 bits per heavy atom. The fourth-order valence-corrected chi connectivity index (χ4v) is 2.99. The summed E-state index contributed by atoms with van der Waals surface area (Å²) in [4.78, 5) is 23.4. The average molecular weight is 238 g/mol. The summed E-state index contributed by atoms with van der Waals surface area (Å²) in [6, 6.07) is 0. The van der Waals surface area contributed by atoms with Crippen LogP contribution in [-0.4, -0.2) is 18.9 Å². The molecule has 0 aromatic rings. The van der Waals surface area contributed by atoms with Gasteiger partial charge >= 0.3 is 5.97 Å². The second-order valence-corrected chi connectivity index (χ2v) is 5.52. The summed E-state index contributed by atoms with van der Waals surface area (Å²) in [5.74, 6) is 0.0531. The Hall–Kier alpha value is -1.12. The number of carbonyl (C=O) groups excluding carboxylic acids is 2. The third kappa shape index (κ3) is 2.15. The van der Waals surface area contributed by atoms with Crippen LogP contribution in [-0.2, 0) is 14.3 Å². The molecule has 3 heteroatoms. The van der Waals surface area contributed by atoms with Crippen LogP contribution in [0.3, 0.4) is 0 Å². The molecule has 0 aromatic carbocycles. The van der Waals surface area contributed by atoms with E-state index in [0.29, 0.717) is 25.7 Å². The third-order valence-electron chi connectivity index (χ3n) is 4.37. The SMILES string of the molecule is C=C(C)C1(C(C)(C)C(=O)OC)CCC(=O)CC1. The summed E-state index contributed by atoms with van der Waals surface area (Å²) in [6.07, 6.45) is 2.47. The number of hydrogen-bond donors (Lipinski definition) is 0. The number of rotatable bonds is 3. The maximum atomic E-state index is 12.0. The van der Waals surface area contributed by atoms with Crippen molar-refractivity contribution in [3.05, 3.63) is 12.2 Å². The van der Waals surface area contributed by atoms with E-state index in [4.69, 9.17) is 4.74 Å². The molecule has 3 nitrogen and oxygen atoms in total. The first kappa shape index (κ1) is 13.9. The first-order chi connectivity index (χ1) is 7.78. The maximum Gasteiger partial charge on any atom is 0.312 e. The molecule has 0 saturated heterocycles. The number of allylic oxidation sites excluding steroid dienone is 1. The van der Waals surface area contributed by atoms with E-state index < -0.39 is 5.41 Å². The van der Waals surface area contributed by atoms with Gasteiger partial charge in [0.05, 0.1) is 12.5 Å². The molecule has 0 unspecified atom stereocenters. The highest BCUT2D eigenvalue weighted by Gasteiger charge is 2.52. The molecule has 0 radical (unpaired) electrons. The summed E-state index contributed by atoms with van der Waals surface area (Å²) in [7, 11) is 1.41. The van der Waals surface area contributed by atoms with Crippen LogP contribution in [0.25, 0.3) is 0 Å². The van der Waals surface area contributed by atoms with E-state index in [9.17, 15) is 9.59 Å². The second kappa shape index (κ2) is 4.63. The molecular weight excluding hydrogens is 216 g/mol. The van der Waals surface area contributed by atoms with Crippen molar-refractivity contribution in [3.8, 4) is 0 Å². The van der Waals surface area contributed by atoms with Gasteiger partial charge in [-0.1, -0.05) is 12.2 Å². The van der Waals surface area contributed by atoms with Crippen molar-refractivity contribution in [3.63, 3.8) is 0 Å². The summed E-state index contributed by atoms with van der Waals surface area (Å²) in [5.41, 5.74) is 0.0304. The number of hydrogen-bond acceptors (Lipinski definition) is 3. The zero-order valence-corrected chi connectivity index (χ0v) is 11.3. The van der Waals surface area contributed by atoms with Crippen LogP contribution in [0.15, 0.2) is 12.2 Å².